The summed E-state index contributed by atoms with van der Waals surface area (Å²) in [6.07, 6.45) is 10.1. The molecule has 1 aliphatic carbocycles. The minimum Gasteiger partial charge on any atom is -0.376 e. The summed E-state index contributed by atoms with van der Waals surface area (Å²) in [6.45, 7) is 1.52. The molecular formula is C19H24N4O2. The second-order valence-electron chi connectivity index (χ2n) is 6.92. The molecule has 0 unspecified atom stereocenters. The number of nitrogens with zero attached hydrogens (tertiary/aromatic N) is 4. The topological polar surface area (TPSA) is 60.2 Å². The molecule has 1 aromatic heterocycles. The molecule has 0 bridgehead atoms. The van der Waals surface area contributed by atoms with Crippen molar-refractivity contribution in [2.24, 2.45) is 0 Å². The predicted molar refractivity (Wildman–Crippen MR) is 93.6 cm³/mol. The molecule has 0 radical (unpaired) electrons. The van der Waals surface area contributed by atoms with E-state index in [-0.39, 0.29) is 12.0 Å². The Labute approximate surface area is 147 Å². The summed E-state index contributed by atoms with van der Waals surface area (Å²) >= 11 is 0. The highest BCUT2D eigenvalue weighted by Crippen LogP contribution is 2.27. The average molecular weight is 340 g/mol. The first-order valence-electron chi connectivity index (χ1n) is 9.19. The van der Waals surface area contributed by atoms with Crippen molar-refractivity contribution in [1.29, 1.82) is 0 Å². The van der Waals surface area contributed by atoms with E-state index in [0.29, 0.717) is 18.2 Å². The molecule has 2 aromatic rings. The van der Waals surface area contributed by atoms with Crippen LogP contribution in [0.25, 0.3) is 5.69 Å². The van der Waals surface area contributed by atoms with Crippen LogP contribution in [0.4, 0.5) is 0 Å². The maximum Gasteiger partial charge on any atom is 0.254 e. The maximum atomic E-state index is 13.3. The van der Waals surface area contributed by atoms with Crippen LogP contribution in [0.5, 0.6) is 0 Å². The Kier molecular flexibility index (Phi) is 4.78. The van der Waals surface area contributed by atoms with Gasteiger partial charge in [0.25, 0.3) is 5.91 Å². The van der Waals surface area contributed by atoms with Crippen molar-refractivity contribution in [1.82, 2.24) is 19.7 Å². The minimum atomic E-state index is 0.101. The van der Waals surface area contributed by atoms with Gasteiger partial charge in [-0.3, -0.25) is 4.79 Å². The lowest BCUT2D eigenvalue weighted by Gasteiger charge is -2.31. The lowest BCUT2D eigenvalue weighted by molar-refractivity contribution is 0.0420. The van der Waals surface area contributed by atoms with Gasteiger partial charge < -0.3 is 9.64 Å². The van der Waals surface area contributed by atoms with Gasteiger partial charge in [-0.15, -0.1) is 0 Å². The molecule has 1 aromatic carbocycles. The summed E-state index contributed by atoms with van der Waals surface area (Å²) in [5.41, 5.74) is 1.56. The molecule has 2 fully saturated rings. The van der Waals surface area contributed by atoms with E-state index in [4.69, 9.17) is 4.74 Å². The third-order valence-corrected chi connectivity index (χ3v) is 5.23. The smallest absolute Gasteiger partial charge is 0.254 e. The molecule has 6 heteroatoms. The number of rotatable bonds is 5. The number of benzene rings is 1. The number of aromatic nitrogens is 3. The van der Waals surface area contributed by atoms with E-state index in [1.54, 1.807) is 11.0 Å². The monoisotopic (exact) mass is 340 g/mol. The van der Waals surface area contributed by atoms with Crippen molar-refractivity contribution >= 4 is 5.91 Å². The van der Waals surface area contributed by atoms with E-state index in [2.05, 4.69) is 15.0 Å². The first kappa shape index (κ1) is 16.3. The number of amides is 1. The van der Waals surface area contributed by atoms with Gasteiger partial charge in [0.15, 0.2) is 0 Å². The third kappa shape index (κ3) is 3.58. The Bertz CT molecular complexity index is 704. The number of hydrogen-bond acceptors (Lipinski definition) is 4. The highest BCUT2D eigenvalue weighted by molar-refractivity contribution is 5.95. The zero-order chi connectivity index (χ0) is 17.1. The van der Waals surface area contributed by atoms with Crippen molar-refractivity contribution < 1.29 is 9.53 Å². The average Bonchev–Trinajstić information content (AvgIpc) is 3.42. The molecule has 6 nitrogen and oxygen atoms in total. The Hall–Kier alpha value is -2.21. The van der Waals surface area contributed by atoms with E-state index >= 15 is 0 Å². The lowest BCUT2D eigenvalue weighted by Crippen LogP contribution is -2.43. The van der Waals surface area contributed by atoms with Crippen molar-refractivity contribution in [3.63, 3.8) is 0 Å². The Morgan fingerprint density at radius 1 is 1.24 bits per heavy atom. The van der Waals surface area contributed by atoms with Crippen molar-refractivity contribution in [2.45, 2.75) is 50.7 Å². The van der Waals surface area contributed by atoms with E-state index in [1.165, 1.54) is 19.2 Å². The lowest BCUT2D eigenvalue weighted by atomic mass is 10.1. The molecule has 0 spiro atoms. The fourth-order valence-electron chi connectivity index (χ4n) is 3.91. The van der Waals surface area contributed by atoms with E-state index in [9.17, 15) is 4.79 Å². The summed E-state index contributed by atoms with van der Waals surface area (Å²) in [4.78, 5) is 19.3. The summed E-state index contributed by atoms with van der Waals surface area (Å²) in [5, 5.41) is 4.15. The molecule has 0 N–H and O–H groups in total. The van der Waals surface area contributed by atoms with E-state index in [0.717, 1.165) is 38.0 Å². The summed E-state index contributed by atoms with van der Waals surface area (Å²) in [7, 11) is 0. The number of carbonyl (C=O) groups is 1. The van der Waals surface area contributed by atoms with Crippen LogP contribution < -0.4 is 0 Å². The van der Waals surface area contributed by atoms with Crippen molar-refractivity contribution in [3.05, 3.63) is 42.5 Å². The van der Waals surface area contributed by atoms with Crippen LogP contribution >= 0.6 is 0 Å². The van der Waals surface area contributed by atoms with Crippen molar-refractivity contribution in [2.75, 3.05) is 13.2 Å². The normalized spacial score (nSPS) is 20.9. The molecular weight excluding hydrogens is 316 g/mol. The highest BCUT2D eigenvalue weighted by Gasteiger charge is 2.31. The summed E-state index contributed by atoms with van der Waals surface area (Å²) in [5.74, 6) is 0.101. The van der Waals surface area contributed by atoms with Gasteiger partial charge >= 0.3 is 0 Å². The Morgan fingerprint density at radius 3 is 2.84 bits per heavy atom. The largest absolute Gasteiger partial charge is 0.376 e. The molecule has 1 saturated carbocycles. The van der Waals surface area contributed by atoms with E-state index in [1.807, 2.05) is 24.3 Å². The second kappa shape index (κ2) is 7.35. The summed E-state index contributed by atoms with van der Waals surface area (Å²) in [6, 6.07) is 7.97. The standard InChI is InChI=1S/C19H24N4O2/c24-19(15-5-3-8-17(11-15)23-14-20-13-21-23)22(16-6-1-2-7-16)12-18-9-4-10-25-18/h3,5,8,11,13-14,16,18H,1-2,4,6-7,9-10,12H2/t18-/m0/s1. The SMILES string of the molecule is O=C(c1cccc(-n2cncn2)c1)N(C[C@@H]1CCCO1)C1CCCC1. The molecule has 1 saturated heterocycles. The van der Waals surface area contributed by atoms with Crippen LogP contribution in [-0.4, -0.2) is 50.9 Å². The quantitative estimate of drug-likeness (QED) is 0.840. The van der Waals surface area contributed by atoms with Gasteiger partial charge in [0, 0.05) is 24.8 Å². The Balaban J connectivity index is 1.57. The minimum absolute atomic E-state index is 0.101. The fourth-order valence-corrected chi connectivity index (χ4v) is 3.91. The van der Waals surface area contributed by atoms with Crippen LogP contribution in [0.1, 0.15) is 48.9 Å². The maximum absolute atomic E-state index is 13.3. The zero-order valence-corrected chi connectivity index (χ0v) is 14.4. The van der Waals surface area contributed by atoms with Gasteiger partial charge in [-0.2, -0.15) is 5.10 Å². The number of carbonyl (C=O) groups excluding carboxylic acids is 1. The van der Waals surface area contributed by atoms with Gasteiger partial charge in [0.1, 0.15) is 12.7 Å². The fraction of sp³-hybridized carbons (Fsp3) is 0.526. The molecule has 1 aliphatic heterocycles. The molecule has 2 heterocycles. The van der Waals surface area contributed by atoms with Gasteiger partial charge in [0.05, 0.1) is 11.8 Å². The molecule has 1 amide bonds. The van der Waals surface area contributed by atoms with Crippen LogP contribution in [-0.2, 0) is 4.74 Å². The van der Waals surface area contributed by atoms with Gasteiger partial charge in [-0.05, 0) is 43.9 Å². The molecule has 4 rings (SSSR count). The predicted octanol–water partition coefficient (Wildman–Crippen LogP) is 2.83. The first-order chi connectivity index (χ1) is 12.3. The van der Waals surface area contributed by atoms with Crippen LogP contribution in [0, 0.1) is 0 Å². The molecule has 1 atom stereocenters. The van der Waals surface area contributed by atoms with Crippen LogP contribution in [0.15, 0.2) is 36.9 Å². The summed E-state index contributed by atoms with van der Waals surface area (Å²) < 4.78 is 7.47. The third-order valence-electron chi connectivity index (χ3n) is 5.23. The van der Waals surface area contributed by atoms with Gasteiger partial charge in [0.2, 0.25) is 0 Å². The van der Waals surface area contributed by atoms with Crippen LogP contribution in [0.3, 0.4) is 0 Å². The molecule has 25 heavy (non-hydrogen) atoms. The van der Waals surface area contributed by atoms with Gasteiger partial charge in [-0.1, -0.05) is 18.9 Å². The molecule has 132 valence electrons. The van der Waals surface area contributed by atoms with Crippen molar-refractivity contribution in [3.8, 4) is 5.69 Å². The second-order valence-corrected chi connectivity index (χ2v) is 6.92. The first-order valence-corrected chi connectivity index (χ1v) is 9.19. The molecule has 2 aliphatic rings. The van der Waals surface area contributed by atoms with Crippen LogP contribution in [0.2, 0.25) is 0 Å². The van der Waals surface area contributed by atoms with E-state index < -0.39 is 0 Å². The Morgan fingerprint density at radius 2 is 2.12 bits per heavy atom. The number of ether oxygens (including phenoxy) is 1. The zero-order valence-electron chi connectivity index (χ0n) is 14.4. The number of hydrogen-bond donors (Lipinski definition) is 0. The van der Waals surface area contributed by atoms with Gasteiger partial charge in [-0.25, -0.2) is 9.67 Å². The highest BCUT2D eigenvalue weighted by atomic mass is 16.5.